The Kier molecular flexibility index (Phi) is 3.25. The Balaban J connectivity index is 2.30. The third-order valence-electron chi connectivity index (χ3n) is 2.84. The van der Waals surface area contributed by atoms with Gasteiger partial charge < -0.3 is 10.4 Å². The van der Waals surface area contributed by atoms with Gasteiger partial charge in [-0.2, -0.15) is 0 Å². The van der Waals surface area contributed by atoms with E-state index in [0.717, 1.165) is 15.7 Å². The molecule has 0 bridgehead atoms. The minimum atomic E-state index is -0.704. The van der Waals surface area contributed by atoms with E-state index in [2.05, 4.69) is 27.9 Å². The fourth-order valence-corrected chi connectivity index (χ4v) is 2.83. The van der Waals surface area contributed by atoms with Crippen LogP contribution in [0.1, 0.15) is 11.5 Å². The summed E-state index contributed by atoms with van der Waals surface area (Å²) in [5.41, 5.74) is 1.15. The summed E-state index contributed by atoms with van der Waals surface area (Å²) in [5, 5.41) is 12.2. The van der Waals surface area contributed by atoms with Gasteiger partial charge in [0.05, 0.1) is 5.92 Å². The lowest BCUT2D eigenvalue weighted by atomic mass is 9.89. The van der Waals surface area contributed by atoms with E-state index in [1.54, 1.807) is 0 Å². The smallest absolute Gasteiger partial charge is 0.308 e. The normalized spacial score (nSPS) is 25.4. The van der Waals surface area contributed by atoms with Gasteiger partial charge in [-0.05, 0) is 34.2 Å². The zero-order valence-electron chi connectivity index (χ0n) is 8.11. The van der Waals surface area contributed by atoms with E-state index in [-0.39, 0.29) is 11.8 Å². The van der Waals surface area contributed by atoms with Gasteiger partial charge >= 0.3 is 5.97 Å². The number of hydrogen-bond donors (Lipinski definition) is 2. The van der Waals surface area contributed by atoms with Crippen molar-refractivity contribution in [2.24, 2.45) is 5.92 Å². The number of benzene rings is 1. The van der Waals surface area contributed by atoms with Gasteiger partial charge in [0, 0.05) is 22.6 Å². The van der Waals surface area contributed by atoms with E-state index in [4.69, 9.17) is 5.11 Å². The number of nitrogens with one attached hydrogen (secondary N) is 1. The molecule has 0 amide bonds. The molecule has 2 N–H and O–H groups in total. The van der Waals surface area contributed by atoms with Crippen LogP contribution in [-0.2, 0) is 4.79 Å². The summed E-state index contributed by atoms with van der Waals surface area (Å²) in [6, 6.07) is 7.99. The second-order valence-electron chi connectivity index (χ2n) is 3.73. The summed E-state index contributed by atoms with van der Waals surface area (Å²) in [5.74, 6) is -0.888. The SMILES string of the molecule is O=C(O)[C@H]1CNC[C@@H]1c1ccccc1I. The van der Waals surface area contributed by atoms with E-state index >= 15 is 0 Å². The van der Waals surface area contributed by atoms with Crippen molar-refractivity contribution in [2.45, 2.75) is 5.92 Å². The minimum absolute atomic E-state index is 0.107. The first-order valence-electron chi connectivity index (χ1n) is 4.88. The number of rotatable bonds is 2. The molecule has 0 saturated carbocycles. The molecular weight excluding hydrogens is 305 g/mol. The average molecular weight is 317 g/mol. The maximum absolute atomic E-state index is 11.1. The van der Waals surface area contributed by atoms with Crippen molar-refractivity contribution in [3.05, 3.63) is 33.4 Å². The summed E-state index contributed by atoms with van der Waals surface area (Å²) in [4.78, 5) is 11.1. The fraction of sp³-hybridized carbons (Fsp3) is 0.364. The predicted molar refractivity (Wildman–Crippen MR) is 65.9 cm³/mol. The minimum Gasteiger partial charge on any atom is -0.481 e. The maximum Gasteiger partial charge on any atom is 0.308 e. The molecule has 1 saturated heterocycles. The highest BCUT2D eigenvalue weighted by Gasteiger charge is 2.34. The average Bonchev–Trinajstić information content (AvgIpc) is 2.67. The molecule has 0 aromatic heterocycles. The van der Waals surface area contributed by atoms with Crippen molar-refractivity contribution in [1.82, 2.24) is 5.32 Å². The largest absolute Gasteiger partial charge is 0.481 e. The predicted octanol–water partition coefficient (Wildman–Crippen LogP) is 1.68. The first kappa shape index (κ1) is 10.9. The van der Waals surface area contributed by atoms with Crippen LogP contribution in [-0.4, -0.2) is 24.2 Å². The molecular formula is C11H12INO2. The standard InChI is InChI=1S/C11H12INO2/c12-10-4-2-1-3-7(10)8-5-13-6-9(8)11(14)15/h1-4,8-9,13H,5-6H2,(H,14,15)/t8-,9+/m1/s1. The number of carbonyl (C=O) groups is 1. The van der Waals surface area contributed by atoms with Crippen LogP contribution in [0.5, 0.6) is 0 Å². The van der Waals surface area contributed by atoms with Crippen molar-refractivity contribution >= 4 is 28.6 Å². The lowest BCUT2D eigenvalue weighted by Crippen LogP contribution is -2.21. The molecule has 3 nitrogen and oxygen atoms in total. The molecule has 2 atom stereocenters. The molecule has 4 heteroatoms. The Bertz CT molecular complexity index is 381. The molecule has 0 radical (unpaired) electrons. The highest BCUT2D eigenvalue weighted by molar-refractivity contribution is 14.1. The van der Waals surface area contributed by atoms with Gasteiger partial charge in [0.25, 0.3) is 0 Å². The highest BCUT2D eigenvalue weighted by atomic mass is 127. The molecule has 2 rings (SSSR count). The van der Waals surface area contributed by atoms with Crippen LogP contribution in [0.2, 0.25) is 0 Å². The number of carboxylic acids is 1. The summed E-state index contributed by atoms with van der Waals surface area (Å²) >= 11 is 2.26. The lowest BCUT2D eigenvalue weighted by Gasteiger charge is -2.16. The lowest BCUT2D eigenvalue weighted by molar-refractivity contribution is -0.141. The summed E-state index contributed by atoms with van der Waals surface area (Å²) in [6.45, 7) is 1.34. The molecule has 15 heavy (non-hydrogen) atoms. The van der Waals surface area contributed by atoms with Gasteiger partial charge in [0.2, 0.25) is 0 Å². The molecule has 1 fully saturated rings. The van der Waals surface area contributed by atoms with Gasteiger partial charge in [-0.15, -0.1) is 0 Å². The highest BCUT2D eigenvalue weighted by Crippen LogP contribution is 2.31. The fourth-order valence-electron chi connectivity index (χ4n) is 2.04. The van der Waals surface area contributed by atoms with Gasteiger partial charge in [0.1, 0.15) is 0 Å². The van der Waals surface area contributed by atoms with Crippen LogP contribution in [0.4, 0.5) is 0 Å². The van der Waals surface area contributed by atoms with E-state index in [1.807, 2.05) is 24.3 Å². The molecule has 1 aliphatic heterocycles. The maximum atomic E-state index is 11.1. The molecule has 1 aromatic carbocycles. The number of hydrogen-bond acceptors (Lipinski definition) is 2. The molecule has 80 valence electrons. The van der Waals surface area contributed by atoms with E-state index < -0.39 is 5.97 Å². The van der Waals surface area contributed by atoms with Gasteiger partial charge in [-0.1, -0.05) is 18.2 Å². The number of halogens is 1. The molecule has 1 aromatic rings. The summed E-state index contributed by atoms with van der Waals surface area (Å²) in [7, 11) is 0. The van der Waals surface area contributed by atoms with Crippen molar-refractivity contribution in [1.29, 1.82) is 0 Å². The number of carboxylic acid groups (broad SMARTS) is 1. The zero-order valence-corrected chi connectivity index (χ0v) is 10.3. The molecule has 0 aliphatic carbocycles. The second-order valence-corrected chi connectivity index (χ2v) is 4.89. The first-order valence-corrected chi connectivity index (χ1v) is 5.96. The van der Waals surface area contributed by atoms with Crippen molar-refractivity contribution in [2.75, 3.05) is 13.1 Å². The topological polar surface area (TPSA) is 49.3 Å². The van der Waals surface area contributed by atoms with E-state index in [1.165, 1.54) is 0 Å². The second kappa shape index (κ2) is 4.49. The Morgan fingerprint density at radius 3 is 2.80 bits per heavy atom. The summed E-state index contributed by atoms with van der Waals surface area (Å²) in [6.07, 6.45) is 0. The summed E-state index contributed by atoms with van der Waals surface area (Å²) < 4.78 is 1.15. The molecule has 1 aliphatic rings. The Labute approximate surface area is 102 Å². The van der Waals surface area contributed by atoms with Crippen LogP contribution >= 0.6 is 22.6 Å². The van der Waals surface area contributed by atoms with E-state index in [0.29, 0.717) is 6.54 Å². The molecule has 0 spiro atoms. The van der Waals surface area contributed by atoms with Crippen molar-refractivity contribution in [3.63, 3.8) is 0 Å². The van der Waals surface area contributed by atoms with Crippen LogP contribution < -0.4 is 5.32 Å². The van der Waals surface area contributed by atoms with Gasteiger partial charge in [-0.25, -0.2) is 0 Å². The van der Waals surface area contributed by atoms with Crippen molar-refractivity contribution < 1.29 is 9.90 Å². The van der Waals surface area contributed by atoms with Crippen LogP contribution in [0.25, 0.3) is 0 Å². The quantitative estimate of drug-likeness (QED) is 0.816. The Hall–Kier alpha value is -0.620. The Morgan fingerprint density at radius 1 is 1.40 bits per heavy atom. The third-order valence-corrected chi connectivity index (χ3v) is 3.82. The van der Waals surface area contributed by atoms with Crippen LogP contribution in [0.3, 0.4) is 0 Å². The molecule has 0 unspecified atom stereocenters. The van der Waals surface area contributed by atoms with E-state index in [9.17, 15) is 4.79 Å². The monoisotopic (exact) mass is 317 g/mol. The van der Waals surface area contributed by atoms with Crippen LogP contribution in [0, 0.1) is 9.49 Å². The molecule has 1 heterocycles. The van der Waals surface area contributed by atoms with Crippen LogP contribution in [0.15, 0.2) is 24.3 Å². The van der Waals surface area contributed by atoms with Gasteiger partial charge in [-0.3, -0.25) is 4.79 Å². The van der Waals surface area contributed by atoms with Gasteiger partial charge in [0.15, 0.2) is 0 Å². The van der Waals surface area contributed by atoms with Crippen molar-refractivity contribution in [3.8, 4) is 0 Å². The third kappa shape index (κ3) is 2.15. The number of aliphatic carboxylic acids is 1. The first-order chi connectivity index (χ1) is 7.20. The Morgan fingerprint density at radius 2 is 2.13 bits per heavy atom. The zero-order chi connectivity index (χ0) is 10.8.